The quantitative estimate of drug-likeness (QED) is 0.668. The van der Waals surface area contributed by atoms with Gasteiger partial charge in [-0.15, -0.1) is 0 Å². The monoisotopic (exact) mass is 332 g/mol. The Hall–Kier alpha value is -1.95. The highest BCUT2D eigenvalue weighted by Gasteiger charge is 2.33. The molecule has 6 nitrogen and oxygen atoms in total. The predicted octanol–water partition coefficient (Wildman–Crippen LogP) is 1.43. The minimum absolute atomic E-state index is 0.251. The van der Waals surface area contributed by atoms with Crippen molar-refractivity contribution in [2.75, 3.05) is 65.0 Å². The van der Waals surface area contributed by atoms with Crippen LogP contribution in [0.15, 0.2) is 29.3 Å². The van der Waals surface area contributed by atoms with Crippen molar-refractivity contribution < 1.29 is 9.47 Å². The van der Waals surface area contributed by atoms with E-state index in [0.717, 1.165) is 57.6 Å². The van der Waals surface area contributed by atoms with Crippen LogP contribution in [0.5, 0.6) is 5.75 Å². The first-order valence-corrected chi connectivity index (χ1v) is 8.56. The number of piperazine rings is 1. The number of benzene rings is 1. The van der Waals surface area contributed by atoms with Gasteiger partial charge in [-0.05, 0) is 24.3 Å². The molecule has 0 aromatic heterocycles. The molecule has 2 saturated heterocycles. The highest BCUT2D eigenvalue weighted by Crippen LogP contribution is 2.25. The fourth-order valence-corrected chi connectivity index (χ4v) is 3.15. The molecule has 6 heteroatoms. The number of ether oxygens (including phenoxy) is 2. The summed E-state index contributed by atoms with van der Waals surface area (Å²) in [7, 11) is 3.56. The number of hydrogen-bond acceptors (Lipinski definition) is 4. The first-order chi connectivity index (χ1) is 11.6. The Labute approximate surface area is 144 Å². The number of methoxy groups -OCH3 is 1. The van der Waals surface area contributed by atoms with Crippen molar-refractivity contribution in [2.24, 2.45) is 10.4 Å². The maximum Gasteiger partial charge on any atom is 0.193 e. The summed E-state index contributed by atoms with van der Waals surface area (Å²) in [6.07, 6.45) is 0. The Bertz CT molecular complexity index is 561. The molecule has 3 rings (SSSR count). The SMILES string of the molecule is CN=C(NCC1(C)COC1)N1CCN(c2ccc(OC)cc2)CC1. The van der Waals surface area contributed by atoms with E-state index in [0.29, 0.717) is 0 Å². The number of nitrogens with one attached hydrogen (secondary N) is 1. The minimum atomic E-state index is 0.251. The van der Waals surface area contributed by atoms with E-state index in [1.807, 2.05) is 19.2 Å². The Kier molecular flexibility index (Phi) is 5.14. The molecule has 2 aliphatic heterocycles. The van der Waals surface area contributed by atoms with Gasteiger partial charge in [0.25, 0.3) is 0 Å². The topological polar surface area (TPSA) is 49.3 Å². The van der Waals surface area contributed by atoms with Gasteiger partial charge in [0.1, 0.15) is 5.75 Å². The van der Waals surface area contributed by atoms with Crippen LogP contribution in [0.4, 0.5) is 5.69 Å². The lowest BCUT2D eigenvalue weighted by Crippen LogP contribution is -2.56. The van der Waals surface area contributed by atoms with Gasteiger partial charge in [-0.1, -0.05) is 6.92 Å². The maximum absolute atomic E-state index is 5.32. The standard InChI is InChI=1S/C18H28N4O2/c1-18(13-24-14-18)12-20-17(19-2)22-10-8-21(9-11-22)15-4-6-16(23-3)7-5-15/h4-7H,8-14H2,1-3H3,(H,19,20). The summed E-state index contributed by atoms with van der Waals surface area (Å²) in [5.74, 6) is 1.90. The lowest BCUT2D eigenvalue weighted by molar-refractivity contribution is -0.0972. The molecule has 132 valence electrons. The second-order valence-electron chi connectivity index (χ2n) is 6.88. The summed E-state index contributed by atoms with van der Waals surface area (Å²) in [5, 5.41) is 3.51. The second-order valence-corrected chi connectivity index (χ2v) is 6.88. The molecular formula is C18H28N4O2. The third kappa shape index (κ3) is 3.75. The largest absolute Gasteiger partial charge is 0.497 e. The predicted molar refractivity (Wildman–Crippen MR) is 97.1 cm³/mol. The summed E-state index contributed by atoms with van der Waals surface area (Å²) in [6.45, 7) is 8.76. The molecule has 0 atom stereocenters. The van der Waals surface area contributed by atoms with E-state index in [4.69, 9.17) is 9.47 Å². The van der Waals surface area contributed by atoms with Gasteiger partial charge in [-0.25, -0.2) is 0 Å². The van der Waals surface area contributed by atoms with Gasteiger partial charge in [-0.2, -0.15) is 0 Å². The molecule has 1 N–H and O–H groups in total. The van der Waals surface area contributed by atoms with Gasteiger partial charge < -0.3 is 24.6 Å². The van der Waals surface area contributed by atoms with Gasteiger partial charge in [0.15, 0.2) is 5.96 Å². The molecule has 2 fully saturated rings. The fourth-order valence-electron chi connectivity index (χ4n) is 3.15. The molecule has 0 radical (unpaired) electrons. The fraction of sp³-hybridized carbons (Fsp3) is 0.611. The van der Waals surface area contributed by atoms with Gasteiger partial charge in [0.05, 0.1) is 20.3 Å². The summed E-state index contributed by atoms with van der Waals surface area (Å²) in [5.41, 5.74) is 1.50. The molecule has 2 aliphatic rings. The molecule has 2 heterocycles. The lowest BCUT2D eigenvalue weighted by atomic mass is 9.89. The number of rotatable bonds is 4. The van der Waals surface area contributed by atoms with Gasteiger partial charge in [0, 0.05) is 50.9 Å². The highest BCUT2D eigenvalue weighted by atomic mass is 16.5. The number of nitrogens with zero attached hydrogens (tertiary/aromatic N) is 3. The maximum atomic E-state index is 5.32. The minimum Gasteiger partial charge on any atom is -0.497 e. The van der Waals surface area contributed by atoms with Crippen LogP contribution in [0.2, 0.25) is 0 Å². The summed E-state index contributed by atoms with van der Waals surface area (Å²) < 4.78 is 10.5. The number of hydrogen-bond donors (Lipinski definition) is 1. The molecule has 0 spiro atoms. The zero-order chi connectivity index (χ0) is 17.0. The van der Waals surface area contributed by atoms with Crippen LogP contribution < -0.4 is 15.0 Å². The molecule has 0 saturated carbocycles. The lowest BCUT2D eigenvalue weighted by Gasteiger charge is -2.41. The van der Waals surface area contributed by atoms with E-state index < -0.39 is 0 Å². The van der Waals surface area contributed by atoms with E-state index in [1.165, 1.54) is 5.69 Å². The normalized spacial score (nSPS) is 20.5. The van der Waals surface area contributed by atoms with E-state index in [-0.39, 0.29) is 5.41 Å². The third-order valence-corrected chi connectivity index (χ3v) is 4.80. The Morgan fingerprint density at radius 2 is 1.88 bits per heavy atom. The second kappa shape index (κ2) is 7.30. The average molecular weight is 332 g/mol. The average Bonchev–Trinajstić information content (AvgIpc) is 2.61. The van der Waals surface area contributed by atoms with Crippen LogP contribution in [0, 0.1) is 5.41 Å². The summed E-state index contributed by atoms with van der Waals surface area (Å²) in [6, 6.07) is 8.28. The van der Waals surface area contributed by atoms with Crippen molar-refractivity contribution in [3.05, 3.63) is 24.3 Å². The van der Waals surface area contributed by atoms with Gasteiger partial charge in [-0.3, -0.25) is 4.99 Å². The Morgan fingerprint density at radius 1 is 1.21 bits per heavy atom. The molecular weight excluding hydrogens is 304 g/mol. The van der Waals surface area contributed by atoms with E-state index in [9.17, 15) is 0 Å². The highest BCUT2D eigenvalue weighted by molar-refractivity contribution is 5.80. The van der Waals surface area contributed by atoms with Crippen molar-refractivity contribution in [2.45, 2.75) is 6.92 Å². The third-order valence-electron chi connectivity index (χ3n) is 4.80. The summed E-state index contributed by atoms with van der Waals surface area (Å²) in [4.78, 5) is 9.19. The molecule has 0 amide bonds. The van der Waals surface area contributed by atoms with Crippen molar-refractivity contribution in [1.82, 2.24) is 10.2 Å². The van der Waals surface area contributed by atoms with E-state index in [2.05, 4.69) is 39.2 Å². The number of guanidine groups is 1. The van der Waals surface area contributed by atoms with Crippen LogP contribution in [0.1, 0.15) is 6.92 Å². The molecule has 24 heavy (non-hydrogen) atoms. The zero-order valence-electron chi connectivity index (χ0n) is 14.9. The van der Waals surface area contributed by atoms with Crippen molar-refractivity contribution in [1.29, 1.82) is 0 Å². The molecule has 1 aromatic rings. The molecule has 0 unspecified atom stereocenters. The zero-order valence-corrected chi connectivity index (χ0v) is 14.9. The van der Waals surface area contributed by atoms with E-state index >= 15 is 0 Å². The number of aliphatic imine (C=N–C) groups is 1. The summed E-state index contributed by atoms with van der Waals surface area (Å²) >= 11 is 0. The molecule has 0 bridgehead atoms. The van der Waals surface area contributed by atoms with Gasteiger partial charge in [0.2, 0.25) is 0 Å². The molecule has 0 aliphatic carbocycles. The van der Waals surface area contributed by atoms with Crippen molar-refractivity contribution >= 4 is 11.6 Å². The van der Waals surface area contributed by atoms with Crippen LogP contribution in [-0.4, -0.2) is 71.0 Å². The van der Waals surface area contributed by atoms with Crippen LogP contribution in [0.25, 0.3) is 0 Å². The van der Waals surface area contributed by atoms with Crippen LogP contribution >= 0.6 is 0 Å². The van der Waals surface area contributed by atoms with Crippen LogP contribution in [0.3, 0.4) is 0 Å². The molecule has 1 aromatic carbocycles. The number of anilines is 1. The smallest absolute Gasteiger partial charge is 0.193 e. The van der Waals surface area contributed by atoms with Crippen molar-refractivity contribution in [3.63, 3.8) is 0 Å². The van der Waals surface area contributed by atoms with Crippen LogP contribution in [-0.2, 0) is 4.74 Å². The van der Waals surface area contributed by atoms with Gasteiger partial charge >= 0.3 is 0 Å². The van der Waals surface area contributed by atoms with Crippen molar-refractivity contribution in [3.8, 4) is 5.75 Å². The Balaban J connectivity index is 1.51. The first-order valence-electron chi connectivity index (χ1n) is 8.56. The van der Waals surface area contributed by atoms with E-state index in [1.54, 1.807) is 7.11 Å². The first kappa shape index (κ1) is 16.9. The Morgan fingerprint density at radius 3 is 2.38 bits per heavy atom.